The predicted octanol–water partition coefficient (Wildman–Crippen LogP) is 2.23. The van der Waals surface area contributed by atoms with Crippen LogP contribution in [0.2, 0.25) is 0 Å². The van der Waals surface area contributed by atoms with E-state index in [-0.39, 0.29) is 0 Å². The molecule has 3 aromatic rings. The first-order valence-electron chi connectivity index (χ1n) is 5.53. The van der Waals surface area contributed by atoms with E-state index in [0.717, 1.165) is 10.9 Å². The highest BCUT2D eigenvalue weighted by Gasteiger charge is 2.10. The van der Waals surface area contributed by atoms with Gasteiger partial charge in [0.15, 0.2) is 0 Å². The maximum Gasteiger partial charge on any atom is 0.309 e. The largest absolute Gasteiger partial charge is 0.309 e. The van der Waals surface area contributed by atoms with E-state index in [9.17, 15) is 4.39 Å². The van der Waals surface area contributed by atoms with Gasteiger partial charge in [0.1, 0.15) is 7.85 Å². The third-order valence-corrected chi connectivity index (χ3v) is 2.79. The van der Waals surface area contributed by atoms with Gasteiger partial charge in [0, 0.05) is 5.39 Å². The molecular formula is C14H8BFN2. The molecule has 0 fully saturated rings. The SMILES string of the molecule is [B]c1ccccc1-c1nc(F)nc2ccccc12. The number of hydrogen-bond donors (Lipinski definition) is 0. The van der Waals surface area contributed by atoms with Crippen LogP contribution < -0.4 is 5.46 Å². The van der Waals surface area contributed by atoms with Gasteiger partial charge in [-0.05, 0) is 11.6 Å². The summed E-state index contributed by atoms with van der Waals surface area (Å²) < 4.78 is 13.5. The Hall–Kier alpha value is -2.23. The van der Waals surface area contributed by atoms with Crippen molar-refractivity contribution in [2.45, 2.75) is 0 Å². The quantitative estimate of drug-likeness (QED) is 0.476. The van der Waals surface area contributed by atoms with Crippen LogP contribution >= 0.6 is 0 Å². The molecule has 18 heavy (non-hydrogen) atoms. The van der Waals surface area contributed by atoms with Crippen molar-refractivity contribution in [1.29, 1.82) is 0 Å². The van der Waals surface area contributed by atoms with Gasteiger partial charge in [-0.1, -0.05) is 47.9 Å². The van der Waals surface area contributed by atoms with Crippen molar-refractivity contribution < 1.29 is 4.39 Å². The molecule has 84 valence electrons. The zero-order valence-electron chi connectivity index (χ0n) is 9.47. The van der Waals surface area contributed by atoms with E-state index < -0.39 is 6.08 Å². The van der Waals surface area contributed by atoms with Crippen molar-refractivity contribution in [3.63, 3.8) is 0 Å². The molecule has 1 aromatic heterocycles. The number of fused-ring (bicyclic) bond motifs is 1. The topological polar surface area (TPSA) is 25.8 Å². The number of rotatable bonds is 1. The molecule has 0 aliphatic heterocycles. The fraction of sp³-hybridized carbons (Fsp3) is 0. The van der Waals surface area contributed by atoms with Gasteiger partial charge in [-0.2, -0.15) is 4.39 Å². The van der Waals surface area contributed by atoms with E-state index in [1.54, 1.807) is 12.1 Å². The molecule has 2 radical (unpaired) electrons. The number of aromatic nitrogens is 2. The van der Waals surface area contributed by atoms with Crippen LogP contribution in [0.5, 0.6) is 0 Å². The van der Waals surface area contributed by atoms with Crippen LogP contribution in [0.25, 0.3) is 22.2 Å². The van der Waals surface area contributed by atoms with Crippen LogP contribution in [0, 0.1) is 6.08 Å². The summed E-state index contributed by atoms with van der Waals surface area (Å²) in [5, 5.41) is 0.789. The van der Waals surface area contributed by atoms with Crippen LogP contribution in [0.3, 0.4) is 0 Å². The lowest BCUT2D eigenvalue weighted by molar-refractivity contribution is 0.546. The van der Waals surface area contributed by atoms with Gasteiger partial charge < -0.3 is 0 Å². The van der Waals surface area contributed by atoms with Crippen molar-refractivity contribution in [3.05, 3.63) is 54.6 Å². The van der Waals surface area contributed by atoms with Gasteiger partial charge in [0.05, 0.1) is 11.2 Å². The Morgan fingerprint density at radius 2 is 1.61 bits per heavy atom. The van der Waals surface area contributed by atoms with Crippen molar-refractivity contribution in [2.24, 2.45) is 0 Å². The first-order chi connectivity index (χ1) is 8.75. The van der Waals surface area contributed by atoms with E-state index in [0.29, 0.717) is 16.7 Å². The van der Waals surface area contributed by atoms with Gasteiger partial charge in [-0.25, -0.2) is 9.97 Å². The number of nitrogens with zero attached hydrogens (tertiary/aromatic N) is 2. The first kappa shape index (κ1) is 10.9. The third-order valence-electron chi connectivity index (χ3n) is 2.79. The third kappa shape index (κ3) is 1.76. The van der Waals surface area contributed by atoms with Gasteiger partial charge in [0.25, 0.3) is 0 Å². The monoisotopic (exact) mass is 234 g/mol. The Bertz CT molecular complexity index is 728. The van der Waals surface area contributed by atoms with Crippen molar-refractivity contribution in [3.8, 4) is 11.3 Å². The number of halogens is 1. The Balaban J connectivity index is 2.39. The van der Waals surface area contributed by atoms with Gasteiger partial charge in [0.2, 0.25) is 0 Å². The average Bonchev–Trinajstić information content (AvgIpc) is 2.38. The lowest BCUT2D eigenvalue weighted by atomic mass is 9.88. The first-order valence-corrected chi connectivity index (χ1v) is 5.53. The highest BCUT2D eigenvalue weighted by Crippen LogP contribution is 2.24. The van der Waals surface area contributed by atoms with Crippen molar-refractivity contribution in [2.75, 3.05) is 0 Å². The molecule has 4 heteroatoms. The summed E-state index contributed by atoms with van der Waals surface area (Å²) >= 11 is 0. The maximum atomic E-state index is 13.5. The van der Waals surface area contributed by atoms with E-state index >= 15 is 0 Å². The molecule has 0 N–H and O–H groups in total. The lowest BCUT2D eigenvalue weighted by Gasteiger charge is -2.08. The summed E-state index contributed by atoms with van der Waals surface area (Å²) in [4.78, 5) is 7.65. The highest BCUT2D eigenvalue weighted by molar-refractivity contribution is 6.36. The Morgan fingerprint density at radius 1 is 0.889 bits per heavy atom. The van der Waals surface area contributed by atoms with E-state index in [4.69, 9.17) is 7.85 Å². The predicted molar refractivity (Wildman–Crippen MR) is 70.3 cm³/mol. The fourth-order valence-electron chi connectivity index (χ4n) is 1.97. The van der Waals surface area contributed by atoms with E-state index in [2.05, 4.69) is 9.97 Å². The summed E-state index contributed by atoms with van der Waals surface area (Å²) in [7, 11) is 5.91. The molecule has 0 spiro atoms. The van der Waals surface area contributed by atoms with E-state index in [1.807, 2.05) is 36.4 Å². The second kappa shape index (κ2) is 4.22. The van der Waals surface area contributed by atoms with Crippen molar-refractivity contribution >= 4 is 24.2 Å². The Kier molecular flexibility index (Phi) is 2.56. The zero-order chi connectivity index (χ0) is 12.5. The summed E-state index contributed by atoms with van der Waals surface area (Å²) in [6.07, 6.45) is -0.744. The van der Waals surface area contributed by atoms with Crippen LogP contribution in [-0.4, -0.2) is 17.8 Å². The smallest absolute Gasteiger partial charge is 0.202 e. The maximum absolute atomic E-state index is 13.5. The molecule has 2 aromatic carbocycles. The molecular weight excluding hydrogens is 226 g/mol. The number of para-hydroxylation sites is 1. The minimum atomic E-state index is -0.744. The molecule has 3 rings (SSSR count). The number of benzene rings is 2. The molecule has 0 aliphatic carbocycles. The molecule has 0 saturated carbocycles. The van der Waals surface area contributed by atoms with Crippen LogP contribution in [0.4, 0.5) is 4.39 Å². The molecule has 2 nitrogen and oxygen atoms in total. The van der Waals surface area contributed by atoms with Crippen molar-refractivity contribution in [1.82, 2.24) is 9.97 Å². The summed E-state index contributed by atoms with van der Waals surface area (Å²) in [6, 6.07) is 14.6. The normalized spacial score (nSPS) is 10.7. The van der Waals surface area contributed by atoms with Gasteiger partial charge in [-0.3, -0.25) is 0 Å². The summed E-state index contributed by atoms with van der Waals surface area (Å²) in [5.74, 6) is 0. The fourth-order valence-corrected chi connectivity index (χ4v) is 1.97. The molecule has 1 heterocycles. The Labute approximate surface area is 105 Å². The number of hydrogen-bond acceptors (Lipinski definition) is 2. The average molecular weight is 234 g/mol. The van der Waals surface area contributed by atoms with Crippen LogP contribution in [-0.2, 0) is 0 Å². The molecule has 0 aliphatic rings. The molecule has 0 atom stereocenters. The second-order valence-electron chi connectivity index (χ2n) is 3.95. The molecule has 0 amide bonds. The minimum absolute atomic E-state index is 0.524. The zero-order valence-corrected chi connectivity index (χ0v) is 9.47. The lowest BCUT2D eigenvalue weighted by Crippen LogP contribution is -2.08. The summed E-state index contributed by atoms with van der Waals surface area (Å²) in [6.45, 7) is 0. The molecule has 0 unspecified atom stereocenters. The standard InChI is InChI=1S/C14H8BFN2/c15-11-7-3-1-5-9(11)13-10-6-2-4-8-12(10)17-14(16)18-13/h1-8H. The second-order valence-corrected chi connectivity index (χ2v) is 3.95. The van der Waals surface area contributed by atoms with Gasteiger partial charge in [-0.15, -0.1) is 0 Å². The Morgan fingerprint density at radius 3 is 2.44 bits per heavy atom. The molecule has 0 saturated heterocycles. The van der Waals surface area contributed by atoms with E-state index in [1.165, 1.54) is 0 Å². The summed E-state index contributed by atoms with van der Waals surface area (Å²) in [5.41, 5.74) is 2.38. The minimum Gasteiger partial charge on any atom is -0.202 e. The molecule has 0 bridgehead atoms. The van der Waals surface area contributed by atoms with Crippen LogP contribution in [0.1, 0.15) is 0 Å². The highest BCUT2D eigenvalue weighted by atomic mass is 19.1. The van der Waals surface area contributed by atoms with Gasteiger partial charge >= 0.3 is 6.08 Å². The van der Waals surface area contributed by atoms with Crippen LogP contribution in [0.15, 0.2) is 48.5 Å².